The molecule has 0 aromatic heterocycles. The van der Waals surface area contributed by atoms with Crippen molar-refractivity contribution in [3.8, 4) is 0 Å². The van der Waals surface area contributed by atoms with Crippen LogP contribution in [-0.2, 0) is 0 Å². The minimum absolute atomic E-state index is 0. The zero-order valence-electron chi connectivity index (χ0n) is 10.1. The minimum atomic E-state index is 0. The number of rotatable bonds is 4. The molecule has 0 aliphatic carbocycles. The van der Waals surface area contributed by atoms with Gasteiger partial charge in [-0.25, -0.2) is 0 Å². The summed E-state index contributed by atoms with van der Waals surface area (Å²) in [5, 5.41) is 4.57. The van der Waals surface area contributed by atoms with Gasteiger partial charge < -0.3 is 11.1 Å². The number of hydrogen-bond acceptors (Lipinski definition) is 1. The van der Waals surface area contributed by atoms with E-state index in [1.165, 1.54) is 0 Å². The molecule has 0 aromatic carbocycles. The molecular formula is C10H23KN2. The van der Waals surface area contributed by atoms with Crippen LogP contribution < -0.4 is 57.1 Å². The number of nitrogens with two attached hydrogens (primary N) is 1. The van der Waals surface area contributed by atoms with E-state index in [1.54, 1.807) is 0 Å². The summed E-state index contributed by atoms with van der Waals surface area (Å²) in [7, 11) is 0. The van der Waals surface area contributed by atoms with Crippen LogP contribution in [0.2, 0.25) is 0 Å². The van der Waals surface area contributed by atoms with Crippen molar-refractivity contribution < 1.29 is 51.4 Å². The quantitative estimate of drug-likeness (QED) is 0.618. The van der Waals surface area contributed by atoms with E-state index in [-0.39, 0.29) is 56.9 Å². The van der Waals surface area contributed by atoms with Crippen LogP contribution in [0, 0.1) is 11.8 Å². The van der Waals surface area contributed by atoms with Crippen molar-refractivity contribution in [2.45, 2.75) is 40.2 Å². The third-order valence-corrected chi connectivity index (χ3v) is 2.05. The third kappa shape index (κ3) is 9.85. The molecule has 0 fully saturated rings. The van der Waals surface area contributed by atoms with Crippen LogP contribution >= 0.6 is 0 Å². The Balaban J connectivity index is 0. The van der Waals surface area contributed by atoms with Gasteiger partial charge in [0.15, 0.2) is 0 Å². The van der Waals surface area contributed by atoms with Crippen molar-refractivity contribution in [3.63, 3.8) is 0 Å². The van der Waals surface area contributed by atoms with E-state index in [2.05, 4.69) is 39.9 Å². The molecule has 0 bridgehead atoms. The number of nitrogens with zero attached hydrogens (tertiary/aromatic N) is 1. The van der Waals surface area contributed by atoms with E-state index in [0.717, 1.165) is 13.1 Å². The summed E-state index contributed by atoms with van der Waals surface area (Å²) in [6.45, 7) is 12.4. The molecule has 2 nitrogen and oxygen atoms in total. The molecule has 0 aromatic rings. The summed E-state index contributed by atoms with van der Waals surface area (Å²) in [5.74, 6) is 1.19. The molecule has 0 radical (unpaired) electrons. The van der Waals surface area contributed by atoms with Crippen molar-refractivity contribution in [2.24, 2.45) is 17.6 Å². The Hall–Kier alpha value is 1.56. The van der Waals surface area contributed by atoms with E-state index < -0.39 is 0 Å². The Kier molecular flexibility index (Phi) is 10.2. The molecule has 2 N–H and O–H groups in total. The van der Waals surface area contributed by atoms with Gasteiger partial charge in [-0.15, -0.1) is 12.1 Å². The fraction of sp³-hybridized carbons (Fsp3) is 1.00. The molecule has 0 heterocycles. The third-order valence-electron chi connectivity index (χ3n) is 2.05. The van der Waals surface area contributed by atoms with Gasteiger partial charge in [-0.2, -0.15) is 0 Å². The molecule has 0 spiro atoms. The van der Waals surface area contributed by atoms with Crippen molar-refractivity contribution in [1.82, 2.24) is 0 Å². The predicted molar refractivity (Wildman–Crippen MR) is 55.4 cm³/mol. The molecule has 0 saturated heterocycles. The van der Waals surface area contributed by atoms with Crippen LogP contribution in [0.3, 0.4) is 0 Å². The van der Waals surface area contributed by atoms with Gasteiger partial charge in [0, 0.05) is 0 Å². The van der Waals surface area contributed by atoms with Gasteiger partial charge in [-0.3, -0.25) is 0 Å². The first kappa shape index (κ1) is 17.0. The Bertz CT molecular complexity index is 119. The molecule has 0 aliphatic heterocycles. The van der Waals surface area contributed by atoms with E-state index in [0.29, 0.717) is 11.8 Å². The van der Waals surface area contributed by atoms with Crippen LogP contribution in [0.1, 0.15) is 34.6 Å². The van der Waals surface area contributed by atoms with Gasteiger partial charge in [0.1, 0.15) is 0 Å². The maximum absolute atomic E-state index is 5.64. The molecule has 3 heteroatoms. The summed E-state index contributed by atoms with van der Waals surface area (Å²) in [6.07, 6.45) is 0. The average Bonchev–Trinajstić information content (AvgIpc) is 1.85. The molecule has 0 amide bonds. The minimum Gasteiger partial charge on any atom is -0.657 e. The molecule has 0 rings (SSSR count). The fourth-order valence-electron chi connectivity index (χ4n) is 0.949. The first-order valence-electron chi connectivity index (χ1n) is 4.75. The largest absolute Gasteiger partial charge is 1.00 e. The molecular weight excluding hydrogens is 187 g/mol. The van der Waals surface area contributed by atoms with E-state index in [4.69, 9.17) is 5.73 Å². The van der Waals surface area contributed by atoms with Gasteiger partial charge in [-0.1, -0.05) is 34.6 Å². The first-order valence-corrected chi connectivity index (χ1v) is 4.75. The monoisotopic (exact) mass is 210 g/mol. The van der Waals surface area contributed by atoms with Gasteiger partial charge in [-0.05, 0) is 18.4 Å². The number of hydrogen-bond donors (Lipinski definition) is 1. The van der Waals surface area contributed by atoms with Crippen LogP contribution in [0.25, 0.3) is 5.32 Å². The Morgan fingerprint density at radius 3 is 1.92 bits per heavy atom. The molecule has 0 saturated carbocycles. The normalized spacial score (nSPS) is 14.1. The molecule has 74 valence electrons. The Morgan fingerprint density at radius 1 is 1.23 bits per heavy atom. The maximum Gasteiger partial charge on any atom is 1.00 e. The second-order valence-corrected chi connectivity index (χ2v) is 4.75. The zero-order valence-corrected chi connectivity index (χ0v) is 13.2. The zero-order chi connectivity index (χ0) is 9.78. The van der Waals surface area contributed by atoms with Gasteiger partial charge >= 0.3 is 51.4 Å². The van der Waals surface area contributed by atoms with Crippen molar-refractivity contribution in [2.75, 3.05) is 13.1 Å². The smallest absolute Gasteiger partial charge is 0.657 e. The second kappa shape index (κ2) is 7.80. The van der Waals surface area contributed by atoms with E-state index >= 15 is 0 Å². The molecule has 1 unspecified atom stereocenters. The predicted octanol–water partition coefficient (Wildman–Crippen LogP) is -0.606. The SMILES string of the molecule is CC(C)C(CN)C[N-]C(C)(C)C.[K+]. The first-order chi connectivity index (χ1) is 5.37. The topological polar surface area (TPSA) is 40.1 Å². The van der Waals surface area contributed by atoms with Gasteiger partial charge in [0.2, 0.25) is 0 Å². The van der Waals surface area contributed by atoms with Crippen LogP contribution in [-0.4, -0.2) is 18.6 Å². The summed E-state index contributed by atoms with van der Waals surface area (Å²) >= 11 is 0. The summed E-state index contributed by atoms with van der Waals surface area (Å²) in [4.78, 5) is 0. The maximum atomic E-state index is 5.64. The van der Waals surface area contributed by atoms with Crippen molar-refractivity contribution in [1.29, 1.82) is 0 Å². The summed E-state index contributed by atoms with van der Waals surface area (Å²) in [6, 6.07) is 0. The Labute approximate surface area is 126 Å². The summed E-state index contributed by atoms with van der Waals surface area (Å²) in [5.41, 5.74) is 5.73. The van der Waals surface area contributed by atoms with E-state index in [9.17, 15) is 0 Å². The molecule has 13 heavy (non-hydrogen) atoms. The fourth-order valence-corrected chi connectivity index (χ4v) is 0.949. The van der Waals surface area contributed by atoms with Crippen molar-refractivity contribution in [3.05, 3.63) is 5.32 Å². The van der Waals surface area contributed by atoms with Gasteiger partial charge in [0.05, 0.1) is 0 Å². The second-order valence-electron chi connectivity index (χ2n) is 4.75. The average molecular weight is 210 g/mol. The van der Waals surface area contributed by atoms with Crippen LogP contribution in [0.15, 0.2) is 0 Å². The Morgan fingerprint density at radius 2 is 1.69 bits per heavy atom. The van der Waals surface area contributed by atoms with Crippen LogP contribution in [0.5, 0.6) is 0 Å². The standard InChI is InChI=1S/C10H23N2.K/c1-8(2)9(6-11)7-12-10(3,4)5;/h8-9H,6-7,11H2,1-5H3;/q-1;+1. The van der Waals surface area contributed by atoms with Gasteiger partial charge in [0.25, 0.3) is 0 Å². The van der Waals surface area contributed by atoms with Crippen molar-refractivity contribution >= 4 is 0 Å². The van der Waals surface area contributed by atoms with E-state index in [1.807, 2.05) is 0 Å². The molecule has 0 aliphatic rings. The molecule has 1 atom stereocenters. The van der Waals surface area contributed by atoms with Crippen LogP contribution in [0.4, 0.5) is 0 Å². The summed E-state index contributed by atoms with van der Waals surface area (Å²) < 4.78 is 0.